The maximum atomic E-state index is 11.6. The molecule has 0 aliphatic carbocycles. The molecule has 0 amide bonds. The van der Waals surface area contributed by atoms with Gasteiger partial charge in [0.05, 0.1) is 17.9 Å². The number of nitrogens with two attached hydrogens (primary N) is 1. The van der Waals surface area contributed by atoms with Crippen molar-refractivity contribution in [2.45, 2.75) is 25.0 Å². The van der Waals surface area contributed by atoms with Gasteiger partial charge >= 0.3 is 0 Å². The lowest BCUT2D eigenvalue weighted by atomic mass is 9.95. The lowest BCUT2D eigenvalue weighted by Crippen LogP contribution is -2.28. The molecule has 0 saturated carbocycles. The molecule has 120 valence electrons. The number of hydrogen-bond donors (Lipinski definition) is 2. The Kier molecular flexibility index (Phi) is 4.35. The van der Waals surface area contributed by atoms with Crippen molar-refractivity contribution >= 4 is 15.9 Å². The zero-order valence-corrected chi connectivity index (χ0v) is 13.2. The van der Waals surface area contributed by atoms with Gasteiger partial charge in [0.2, 0.25) is 0 Å². The van der Waals surface area contributed by atoms with E-state index in [-0.39, 0.29) is 11.6 Å². The van der Waals surface area contributed by atoms with E-state index in [0.29, 0.717) is 29.4 Å². The predicted molar refractivity (Wildman–Crippen MR) is 85.5 cm³/mol. The van der Waals surface area contributed by atoms with Gasteiger partial charge in [-0.25, -0.2) is 8.42 Å². The van der Waals surface area contributed by atoms with Crippen LogP contribution in [0.25, 0.3) is 0 Å². The summed E-state index contributed by atoms with van der Waals surface area (Å²) in [6.07, 6.45) is 3.36. The molecule has 0 spiro atoms. The molecule has 7 heteroatoms. The highest BCUT2D eigenvalue weighted by Crippen LogP contribution is 2.28. The van der Waals surface area contributed by atoms with E-state index in [1.807, 2.05) is 6.07 Å². The molecule has 1 fully saturated rings. The number of ether oxygens (including phenoxy) is 1. The van der Waals surface area contributed by atoms with Crippen molar-refractivity contribution in [2.24, 2.45) is 16.0 Å². The number of rotatable bonds is 4. The van der Waals surface area contributed by atoms with Crippen LogP contribution in [0.1, 0.15) is 30.4 Å². The lowest BCUT2D eigenvalue weighted by molar-refractivity contribution is 0.251. The highest BCUT2D eigenvalue weighted by Gasteiger charge is 2.25. The first-order valence-corrected chi connectivity index (χ1v) is 9.20. The van der Waals surface area contributed by atoms with Crippen LogP contribution in [0, 0.1) is 5.92 Å². The lowest BCUT2D eigenvalue weighted by Gasteiger charge is -2.23. The second-order valence-corrected chi connectivity index (χ2v) is 7.46. The monoisotopic (exact) mass is 323 g/mol. The number of sulfonamides is 1. The van der Waals surface area contributed by atoms with Crippen molar-refractivity contribution in [3.8, 4) is 5.75 Å². The van der Waals surface area contributed by atoms with Gasteiger partial charge in [0.25, 0.3) is 10.0 Å². The minimum atomic E-state index is -3.50. The third-order valence-corrected chi connectivity index (χ3v) is 5.34. The van der Waals surface area contributed by atoms with Crippen molar-refractivity contribution in [1.29, 1.82) is 0 Å². The van der Waals surface area contributed by atoms with Gasteiger partial charge in [-0.3, -0.25) is 0 Å². The minimum Gasteiger partial charge on any atom is -0.493 e. The van der Waals surface area contributed by atoms with E-state index in [4.69, 9.17) is 10.5 Å². The molecule has 22 heavy (non-hydrogen) atoms. The summed E-state index contributed by atoms with van der Waals surface area (Å²) in [6.45, 7) is 2.76. The summed E-state index contributed by atoms with van der Waals surface area (Å²) in [7, 11) is -3.50. The normalized spacial score (nSPS) is 21.0. The molecule has 1 saturated heterocycles. The molecule has 0 radical (unpaired) electrons. The first-order valence-electron chi connectivity index (χ1n) is 7.59. The van der Waals surface area contributed by atoms with E-state index >= 15 is 0 Å². The van der Waals surface area contributed by atoms with Crippen LogP contribution in [-0.2, 0) is 15.8 Å². The second-order valence-electron chi connectivity index (χ2n) is 5.82. The van der Waals surface area contributed by atoms with Crippen molar-refractivity contribution in [1.82, 2.24) is 5.32 Å². The molecule has 0 bridgehead atoms. The first kappa shape index (κ1) is 15.3. The molecule has 1 aromatic rings. The molecule has 0 aromatic heterocycles. The highest BCUT2D eigenvalue weighted by molar-refractivity contribution is 7.89. The topological polar surface area (TPSA) is 93.8 Å². The zero-order chi connectivity index (χ0) is 15.6. The Bertz CT molecular complexity index is 679. The average Bonchev–Trinajstić information content (AvgIpc) is 2.46. The molecular weight excluding hydrogens is 302 g/mol. The fraction of sp³-hybridized carbons (Fsp3) is 0.533. The Labute approximate surface area is 130 Å². The van der Waals surface area contributed by atoms with Crippen molar-refractivity contribution in [2.75, 3.05) is 19.7 Å². The molecule has 2 aliphatic heterocycles. The Morgan fingerprint density at radius 3 is 2.86 bits per heavy atom. The molecular formula is C15H21N3O3S. The van der Waals surface area contributed by atoms with Crippen LogP contribution in [0.15, 0.2) is 22.6 Å². The van der Waals surface area contributed by atoms with E-state index in [0.717, 1.165) is 19.5 Å². The summed E-state index contributed by atoms with van der Waals surface area (Å²) in [5.41, 5.74) is 7.11. The summed E-state index contributed by atoms with van der Waals surface area (Å²) in [6, 6.07) is 5.38. The largest absolute Gasteiger partial charge is 0.493 e. The van der Waals surface area contributed by atoms with Gasteiger partial charge in [0, 0.05) is 0 Å². The van der Waals surface area contributed by atoms with Crippen molar-refractivity contribution in [3.05, 3.63) is 29.3 Å². The van der Waals surface area contributed by atoms with Gasteiger partial charge in [-0.05, 0) is 49.9 Å². The maximum absolute atomic E-state index is 11.6. The molecule has 0 unspecified atom stereocenters. The number of hydrogen-bond acceptors (Lipinski definition) is 5. The van der Waals surface area contributed by atoms with Gasteiger partial charge < -0.3 is 15.8 Å². The van der Waals surface area contributed by atoms with Crippen LogP contribution >= 0.6 is 0 Å². The average molecular weight is 323 g/mol. The minimum absolute atomic E-state index is 0.0266. The van der Waals surface area contributed by atoms with Gasteiger partial charge in [0.1, 0.15) is 11.6 Å². The molecule has 1 aromatic carbocycles. The van der Waals surface area contributed by atoms with Crippen molar-refractivity contribution < 1.29 is 13.2 Å². The fourth-order valence-corrected chi connectivity index (χ4v) is 4.13. The van der Waals surface area contributed by atoms with Crippen LogP contribution in [0.2, 0.25) is 0 Å². The summed E-state index contributed by atoms with van der Waals surface area (Å²) < 4.78 is 32.7. The summed E-state index contributed by atoms with van der Waals surface area (Å²) in [5.74, 6) is 1.22. The summed E-state index contributed by atoms with van der Waals surface area (Å²) >= 11 is 0. The number of nitrogens with zero attached hydrogens (tertiary/aromatic N) is 1. The Morgan fingerprint density at radius 2 is 2.09 bits per heavy atom. The van der Waals surface area contributed by atoms with E-state index in [1.54, 1.807) is 12.1 Å². The molecule has 2 aliphatic rings. The quantitative estimate of drug-likeness (QED) is 0.862. The van der Waals surface area contributed by atoms with Crippen LogP contribution in [0.4, 0.5) is 0 Å². The number of nitrogens with one attached hydrogen (secondary N) is 1. The van der Waals surface area contributed by atoms with E-state index < -0.39 is 10.0 Å². The van der Waals surface area contributed by atoms with Gasteiger partial charge in [-0.15, -0.1) is 4.40 Å². The Morgan fingerprint density at radius 1 is 1.32 bits per heavy atom. The van der Waals surface area contributed by atoms with Crippen LogP contribution < -0.4 is 15.8 Å². The highest BCUT2D eigenvalue weighted by atomic mass is 32.2. The first-order chi connectivity index (χ1) is 10.6. The van der Waals surface area contributed by atoms with E-state index in [9.17, 15) is 8.42 Å². The molecule has 6 nitrogen and oxygen atoms in total. The van der Waals surface area contributed by atoms with Crippen LogP contribution in [0.3, 0.4) is 0 Å². The smallest absolute Gasteiger partial charge is 0.259 e. The molecule has 0 atom stereocenters. The van der Waals surface area contributed by atoms with E-state index in [1.165, 1.54) is 12.8 Å². The predicted octanol–water partition coefficient (Wildman–Crippen LogP) is 1.00. The summed E-state index contributed by atoms with van der Waals surface area (Å²) in [4.78, 5) is 0. The molecule has 3 N–H and O–H groups in total. The zero-order valence-electron chi connectivity index (χ0n) is 12.4. The SMILES string of the molecule is NC1=NS(=O)(=O)Cc2cccc(OCCC3CCNCC3)c21. The third-order valence-electron chi connectivity index (χ3n) is 4.19. The van der Waals surface area contributed by atoms with Gasteiger partial charge in [-0.2, -0.15) is 0 Å². The van der Waals surface area contributed by atoms with Gasteiger partial charge in [0.15, 0.2) is 0 Å². The number of fused-ring (bicyclic) bond motifs is 1. The molecule has 3 rings (SSSR count). The fourth-order valence-electron chi connectivity index (χ4n) is 3.04. The number of benzene rings is 1. The van der Waals surface area contributed by atoms with Crippen LogP contribution in [0.5, 0.6) is 5.75 Å². The maximum Gasteiger partial charge on any atom is 0.259 e. The van der Waals surface area contributed by atoms with Crippen molar-refractivity contribution in [3.63, 3.8) is 0 Å². The number of piperidine rings is 1. The second kappa shape index (κ2) is 6.26. The standard InChI is InChI=1S/C15H21N3O3S/c16-15-14-12(10-22(19,20)18-15)2-1-3-13(14)21-9-6-11-4-7-17-8-5-11/h1-3,11,17H,4-10H2,(H2,16,18). The Balaban J connectivity index is 1.70. The van der Waals surface area contributed by atoms with E-state index in [2.05, 4.69) is 9.71 Å². The summed E-state index contributed by atoms with van der Waals surface area (Å²) in [5, 5.41) is 3.35. The van der Waals surface area contributed by atoms with Gasteiger partial charge in [-0.1, -0.05) is 12.1 Å². The number of amidine groups is 1. The molecule has 2 heterocycles. The van der Waals surface area contributed by atoms with Crippen LogP contribution in [-0.4, -0.2) is 33.9 Å². The third kappa shape index (κ3) is 3.41. The Hall–Kier alpha value is -1.60.